The molecule has 1 saturated heterocycles. The standard InChI is InChI=1S/C16H17N3O6S/c1-26(20,21)19-6-7-22-14(9-19)16-18-17-15(25-16)5-3-11-2-4-12-13(8-11)24-10-23-12/h2-5,8,14H,6-7,9-10H2,1H3/b5-3+. The minimum absolute atomic E-state index is 0.159. The molecule has 138 valence electrons. The molecule has 4 rings (SSSR count). The summed E-state index contributed by atoms with van der Waals surface area (Å²) in [5.41, 5.74) is 0.895. The smallest absolute Gasteiger partial charge is 0.246 e. The molecule has 1 aromatic heterocycles. The Kier molecular flexibility index (Phi) is 4.39. The van der Waals surface area contributed by atoms with Crippen LogP contribution in [0.3, 0.4) is 0 Å². The first-order valence-electron chi connectivity index (χ1n) is 7.97. The van der Waals surface area contributed by atoms with Crippen LogP contribution < -0.4 is 9.47 Å². The van der Waals surface area contributed by atoms with Crippen molar-refractivity contribution in [3.63, 3.8) is 0 Å². The molecule has 0 bridgehead atoms. The summed E-state index contributed by atoms with van der Waals surface area (Å²) in [4.78, 5) is 0. The lowest BCUT2D eigenvalue weighted by Gasteiger charge is -2.29. The van der Waals surface area contributed by atoms with Crippen LogP contribution in [0.4, 0.5) is 0 Å². The van der Waals surface area contributed by atoms with Crippen molar-refractivity contribution in [3.05, 3.63) is 35.5 Å². The molecule has 26 heavy (non-hydrogen) atoms. The number of nitrogens with zero attached hydrogens (tertiary/aromatic N) is 3. The first-order valence-corrected chi connectivity index (χ1v) is 9.82. The fourth-order valence-electron chi connectivity index (χ4n) is 2.70. The summed E-state index contributed by atoms with van der Waals surface area (Å²) in [6, 6.07) is 5.57. The minimum Gasteiger partial charge on any atom is -0.454 e. The highest BCUT2D eigenvalue weighted by atomic mass is 32.2. The maximum Gasteiger partial charge on any atom is 0.246 e. The number of aromatic nitrogens is 2. The van der Waals surface area contributed by atoms with Crippen molar-refractivity contribution in [3.8, 4) is 11.5 Å². The molecular weight excluding hydrogens is 362 g/mol. The lowest BCUT2D eigenvalue weighted by atomic mass is 10.2. The minimum atomic E-state index is -3.28. The zero-order valence-corrected chi connectivity index (χ0v) is 14.8. The van der Waals surface area contributed by atoms with Gasteiger partial charge in [0.25, 0.3) is 0 Å². The molecule has 1 fully saturated rings. The third kappa shape index (κ3) is 3.57. The van der Waals surface area contributed by atoms with Crippen molar-refractivity contribution in [1.29, 1.82) is 0 Å². The SMILES string of the molecule is CS(=O)(=O)N1CCOC(c2nnc(/C=C/c3ccc4c(c3)OCO4)o2)C1. The molecule has 10 heteroatoms. The van der Waals surface area contributed by atoms with E-state index in [2.05, 4.69) is 10.2 Å². The molecule has 0 amide bonds. The third-order valence-corrected chi connectivity index (χ3v) is 5.31. The molecule has 1 aromatic carbocycles. The molecule has 9 nitrogen and oxygen atoms in total. The summed E-state index contributed by atoms with van der Waals surface area (Å²) < 4.78 is 46.5. The van der Waals surface area contributed by atoms with Crippen molar-refractivity contribution >= 4 is 22.2 Å². The van der Waals surface area contributed by atoms with Gasteiger partial charge in [-0.05, 0) is 23.8 Å². The van der Waals surface area contributed by atoms with Gasteiger partial charge in [-0.2, -0.15) is 4.31 Å². The summed E-state index contributed by atoms with van der Waals surface area (Å²) in [5.74, 6) is 1.96. The van der Waals surface area contributed by atoms with E-state index < -0.39 is 16.1 Å². The average molecular weight is 379 g/mol. The van der Waals surface area contributed by atoms with Gasteiger partial charge in [0.15, 0.2) is 11.5 Å². The zero-order chi connectivity index (χ0) is 18.1. The molecule has 1 unspecified atom stereocenters. The van der Waals surface area contributed by atoms with Gasteiger partial charge in [-0.3, -0.25) is 0 Å². The van der Waals surface area contributed by atoms with Gasteiger partial charge in [-0.15, -0.1) is 10.2 Å². The lowest BCUT2D eigenvalue weighted by molar-refractivity contribution is -0.0172. The molecular formula is C16H17N3O6S. The van der Waals surface area contributed by atoms with E-state index in [1.54, 1.807) is 6.08 Å². The number of fused-ring (bicyclic) bond motifs is 1. The van der Waals surface area contributed by atoms with Crippen molar-refractivity contribution in [2.45, 2.75) is 6.10 Å². The largest absolute Gasteiger partial charge is 0.454 e. The summed E-state index contributed by atoms with van der Waals surface area (Å²) in [6.07, 6.45) is 4.08. The van der Waals surface area contributed by atoms with Crippen LogP contribution in [-0.4, -0.2) is 55.7 Å². The Balaban J connectivity index is 1.46. The van der Waals surface area contributed by atoms with Gasteiger partial charge in [0.2, 0.25) is 28.6 Å². The summed E-state index contributed by atoms with van der Waals surface area (Å²) >= 11 is 0. The number of hydrogen-bond donors (Lipinski definition) is 0. The van der Waals surface area contributed by atoms with E-state index in [0.717, 1.165) is 5.56 Å². The molecule has 1 atom stereocenters. The van der Waals surface area contributed by atoms with Crippen molar-refractivity contribution in [2.75, 3.05) is 32.7 Å². The van der Waals surface area contributed by atoms with Gasteiger partial charge in [0.05, 0.1) is 12.9 Å². The van der Waals surface area contributed by atoms with E-state index in [-0.39, 0.29) is 25.8 Å². The van der Waals surface area contributed by atoms with E-state index in [0.29, 0.717) is 23.9 Å². The fraction of sp³-hybridized carbons (Fsp3) is 0.375. The van der Waals surface area contributed by atoms with Crippen LogP contribution in [0.1, 0.15) is 23.4 Å². The van der Waals surface area contributed by atoms with Gasteiger partial charge in [-0.25, -0.2) is 8.42 Å². The highest BCUT2D eigenvalue weighted by Gasteiger charge is 2.30. The summed E-state index contributed by atoms with van der Waals surface area (Å²) in [7, 11) is -3.28. The Labute approximate surface area is 150 Å². The Morgan fingerprint density at radius 2 is 2.04 bits per heavy atom. The second-order valence-corrected chi connectivity index (χ2v) is 7.89. The molecule has 2 aliphatic rings. The Morgan fingerprint density at radius 1 is 1.19 bits per heavy atom. The van der Waals surface area contributed by atoms with Gasteiger partial charge in [-0.1, -0.05) is 6.07 Å². The first-order chi connectivity index (χ1) is 12.5. The Bertz CT molecular complexity index is 939. The van der Waals surface area contributed by atoms with Crippen LogP contribution in [0.25, 0.3) is 12.2 Å². The highest BCUT2D eigenvalue weighted by molar-refractivity contribution is 7.88. The molecule has 2 aliphatic heterocycles. The first kappa shape index (κ1) is 17.0. The molecule has 0 N–H and O–H groups in total. The van der Waals surface area contributed by atoms with Crippen LogP contribution in [-0.2, 0) is 14.8 Å². The predicted octanol–water partition coefficient (Wildman–Crippen LogP) is 1.30. The van der Waals surface area contributed by atoms with E-state index in [1.807, 2.05) is 24.3 Å². The van der Waals surface area contributed by atoms with Crippen molar-refractivity contribution < 1.29 is 27.0 Å². The second-order valence-electron chi connectivity index (χ2n) is 5.91. The predicted molar refractivity (Wildman–Crippen MR) is 90.9 cm³/mol. The quantitative estimate of drug-likeness (QED) is 0.783. The number of sulfonamides is 1. The average Bonchev–Trinajstić information content (AvgIpc) is 3.28. The number of hydrogen-bond acceptors (Lipinski definition) is 8. The summed E-state index contributed by atoms with van der Waals surface area (Å²) in [5, 5.41) is 7.93. The molecule has 0 radical (unpaired) electrons. The number of rotatable bonds is 4. The molecule has 0 spiro atoms. The van der Waals surface area contributed by atoms with Crippen molar-refractivity contribution in [2.24, 2.45) is 0 Å². The second kappa shape index (κ2) is 6.71. The Hall–Kier alpha value is -2.43. The van der Waals surface area contributed by atoms with Crippen LogP contribution >= 0.6 is 0 Å². The Morgan fingerprint density at radius 3 is 2.88 bits per heavy atom. The topological polar surface area (TPSA) is 104 Å². The molecule has 0 saturated carbocycles. The maximum atomic E-state index is 11.7. The van der Waals surface area contributed by atoms with Gasteiger partial charge < -0.3 is 18.6 Å². The number of morpholine rings is 1. The lowest BCUT2D eigenvalue weighted by Crippen LogP contribution is -2.41. The fourth-order valence-corrected chi connectivity index (χ4v) is 3.52. The maximum absolute atomic E-state index is 11.7. The van der Waals surface area contributed by atoms with Gasteiger partial charge in [0.1, 0.15) is 6.10 Å². The van der Waals surface area contributed by atoms with E-state index in [4.69, 9.17) is 18.6 Å². The van der Waals surface area contributed by atoms with Crippen LogP contribution in [0.2, 0.25) is 0 Å². The molecule has 2 aromatic rings. The normalized spacial score (nSPS) is 20.7. The van der Waals surface area contributed by atoms with E-state index in [9.17, 15) is 8.42 Å². The van der Waals surface area contributed by atoms with E-state index in [1.165, 1.54) is 10.6 Å². The van der Waals surface area contributed by atoms with Crippen LogP contribution in [0.5, 0.6) is 11.5 Å². The molecule has 0 aliphatic carbocycles. The van der Waals surface area contributed by atoms with E-state index >= 15 is 0 Å². The molecule has 3 heterocycles. The highest BCUT2D eigenvalue weighted by Crippen LogP contribution is 2.33. The van der Waals surface area contributed by atoms with Crippen LogP contribution in [0.15, 0.2) is 22.6 Å². The third-order valence-electron chi connectivity index (χ3n) is 4.04. The number of ether oxygens (including phenoxy) is 3. The van der Waals surface area contributed by atoms with Crippen LogP contribution in [0, 0.1) is 0 Å². The monoisotopic (exact) mass is 379 g/mol. The number of benzene rings is 1. The summed E-state index contributed by atoms with van der Waals surface area (Å²) in [6.45, 7) is 0.983. The van der Waals surface area contributed by atoms with Gasteiger partial charge in [0, 0.05) is 19.2 Å². The van der Waals surface area contributed by atoms with Crippen molar-refractivity contribution in [1.82, 2.24) is 14.5 Å². The van der Waals surface area contributed by atoms with Gasteiger partial charge >= 0.3 is 0 Å². The zero-order valence-electron chi connectivity index (χ0n) is 14.0.